The standard InChI is InChI=1S/C16H23NO/c1-2-9-15(18)17-16(12-7-4-8-13-16)14-10-5-3-6-11-14/h3,5-6,10-11H,2,4,7-9,12-13H2,1H3,(H,17,18). The smallest absolute Gasteiger partial charge is 0.220 e. The van der Waals surface area contributed by atoms with E-state index in [1.807, 2.05) is 6.07 Å². The van der Waals surface area contributed by atoms with E-state index in [1.54, 1.807) is 0 Å². The van der Waals surface area contributed by atoms with Crippen molar-refractivity contribution in [3.8, 4) is 0 Å². The first kappa shape index (κ1) is 13.1. The Morgan fingerprint density at radius 1 is 1.17 bits per heavy atom. The molecule has 0 spiro atoms. The summed E-state index contributed by atoms with van der Waals surface area (Å²) in [5.41, 5.74) is 1.17. The number of hydrogen-bond donors (Lipinski definition) is 1. The number of rotatable bonds is 4. The van der Waals surface area contributed by atoms with Crippen LogP contribution in [0, 0.1) is 0 Å². The maximum atomic E-state index is 12.0. The molecule has 2 rings (SSSR count). The molecular weight excluding hydrogens is 222 g/mol. The number of benzene rings is 1. The van der Waals surface area contributed by atoms with Gasteiger partial charge < -0.3 is 5.32 Å². The fraction of sp³-hybridized carbons (Fsp3) is 0.562. The molecule has 1 aromatic carbocycles. The Morgan fingerprint density at radius 2 is 1.83 bits per heavy atom. The lowest BCUT2D eigenvalue weighted by atomic mass is 9.76. The van der Waals surface area contributed by atoms with Gasteiger partial charge in [-0.25, -0.2) is 0 Å². The van der Waals surface area contributed by atoms with E-state index in [4.69, 9.17) is 0 Å². The average Bonchev–Trinajstić information content (AvgIpc) is 2.41. The van der Waals surface area contributed by atoms with Crippen LogP contribution in [0.3, 0.4) is 0 Å². The van der Waals surface area contributed by atoms with Gasteiger partial charge in [-0.05, 0) is 24.8 Å². The molecule has 0 heterocycles. The van der Waals surface area contributed by atoms with E-state index >= 15 is 0 Å². The van der Waals surface area contributed by atoms with Crippen molar-refractivity contribution in [1.82, 2.24) is 5.32 Å². The van der Waals surface area contributed by atoms with E-state index in [0.29, 0.717) is 6.42 Å². The van der Waals surface area contributed by atoms with E-state index < -0.39 is 0 Å². The zero-order chi connectivity index (χ0) is 12.8. The molecule has 0 aliphatic heterocycles. The van der Waals surface area contributed by atoms with Crippen LogP contribution in [0.5, 0.6) is 0 Å². The molecule has 1 aliphatic rings. The van der Waals surface area contributed by atoms with Crippen molar-refractivity contribution >= 4 is 5.91 Å². The molecule has 98 valence electrons. The minimum Gasteiger partial charge on any atom is -0.347 e. The lowest BCUT2D eigenvalue weighted by molar-refractivity contribution is -0.123. The molecule has 1 saturated carbocycles. The van der Waals surface area contributed by atoms with Crippen LogP contribution >= 0.6 is 0 Å². The lowest BCUT2D eigenvalue weighted by Crippen LogP contribution is -2.47. The first-order chi connectivity index (χ1) is 8.77. The molecule has 1 fully saturated rings. The second-order valence-corrected chi connectivity index (χ2v) is 5.31. The number of hydrogen-bond acceptors (Lipinski definition) is 1. The predicted octanol–water partition coefficient (Wildman–Crippen LogP) is 3.76. The molecule has 18 heavy (non-hydrogen) atoms. The van der Waals surface area contributed by atoms with E-state index in [2.05, 4.69) is 36.5 Å². The van der Waals surface area contributed by atoms with Gasteiger partial charge in [0.2, 0.25) is 5.91 Å². The third-order valence-electron chi connectivity index (χ3n) is 3.89. The molecule has 0 saturated heterocycles. The van der Waals surface area contributed by atoms with Crippen LogP contribution < -0.4 is 5.32 Å². The summed E-state index contributed by atoms with van der Waals surface area (Å²) >= 11 is 0. The van der Waals surface area contributed by atoms with Crippen molar-refractivity contribution in [2.24, 2.45) is 0 Å². The zero-order valence-electron chi connectivity index (χ0n) is 11.2. The number of amides is 1. The van der Waals surface area contributed by atoms with Gasteiger partial charge in [0, 0.05) is 6.42 Å². The van der Waals surface area contributed by atoms with Gasteiger partial charge in [-0.1, -0.05) is 56.5 Å². The Morgan fingerprint density at radius 3 is 2.44 bits per heavy atom. The van der Waals surface area contributed by atoms with Gasteiger partial charge in [0.25, 0.3) is 0 Å². The van der Waals surface area contributed by atoms with Gasteiger partial charge in [0.05, 0.1) is 5.54 Å². The fourth-order valence-electron chi connectivity index (χ4n) is 2.95. The Kier molecular flexibility index (Phi) is 4.40. The van der Waals surface area contributed by atoms with Crippen LogP contribution in [-0.4, -0.2) is 5.91 Å². The third kappa shape index (κ3) is 2.92. The maximum Gasteiger partial charge on any atom is 0.220 e. The van der Waals surface area contributed by atoms with Crippen LogP contribution in [0.2, 0.25) is 0 Å². The molecule has 0 unspecified atom stereocenters. The quantitative estimate of drug-likeness (QED) is 0.859. The van der Waals surface area contributed by atoms with Gasteiger partial charge in [0.15, 0.2) is 0 Å². The zero-order valence-corrected chi connectivity index (χ0v) is 11.2. The summed E-state index contributed by atoms with van der Waals surface area (Å²) in [6.45, 7) is 2.05. The van der Waals surface area contributed by atoms with E-state index in [-0.39, 0.29) is 11.4 Å². The molecule has 0 bridgehead atoms. The number of carbonyl (C=O) groups is 1. The Hall–Kier alpha value is -1.31. The summed E-state index contributed by atoms with van der Waals surface area (Å²) in [7, 11) is 0. The van der Waals surface area contributed by atoms with Crippen LogP contribution in [0.15, 0.2) is 30.3 Å². The molecule has 2 nitrogen and oxygen atoms in total. The Balaban J connectivity index is 2.20. The predicted molar refractivity (Wildman–Crippen MR) is 74.3 cm³/mol. The highest BCUT2D eigenvalue weighted by atomic mass is 16.1. The summed E-state index contributed by atoms with van der Waals surface area (Å²) in [4.78, 5) is 12.0. The monoisotopic (exact) mass is 245 g/mol. The molecule has 0 aromatic heterocycles. The van der Waals surface area contributed by atoms with Gasteiger partial charge in [-0.2, -0.15) is 0 Å². The Bertz CT molecular complexity index is 379. The van der Waals surface area contributed by atoms with Crippen LogP contribution in [0.4, 0.5) is 0 Å². The summed E-state index contributed by atoms with van der Waals surface area (Å²) in [6, 6.07) is 10.5. The number of carbonyl (C=O) groups excluding carboxylic acids is 1. The molecule has 1 amide bonds. The minimum absolute atomic E-state index is 0.105. The van der Waals surface area contributed by atoms with Crippen LogP contribution in [0.1, 0.15) is 57.4 Å². The normalized spacial score (nSPS) is 18.3. The molecule has 0 atom stereocenters. The van der Waals surface area contributed by atoms with Crippen molar-refractivity contribution in [3.05, 3.63) is 35.9 Å². The van der Waals surface area contributed by atoms with Crippen molar-refractivity contribution in [3.63, 3.8) is 0 Å². The molecule has 2 heteroatoms. The SMILES string of the molecule is CCCC(=O)NC1(c2ccccc2)CCCCC1. The summed E-state index contributed by atoms with van der Waals surface area (Å²) in [5.74, 6) is 0.197. The van der Waals surface area contributed by atoms with Gasteiger partial charge >= 0.3 is 0 Å². The average molecular weight is 245 g/mol. The fourth-order valence-corrected chi connectivity index (χ4v) is 2.95. The highest BCUT2D eigenvalue weighted by Crippen LogP contribution is 2.37. The van der Waals surface area contributed by atoms with Crippen molar-refractivity contribution in [2.45, 2.75) is 57.4 Å². The second kappa shape index (κ2) is 6.03. The van der Waals surface area contributed by atoms with E-state index in [1.165, 1.54) is 24.8 Å². The summed E-state index contributed by atoms with van der Waals surface area (Å²) in [5, 5.41) is 3.31. The molecule has 1 aromatic rings. The second-order valence-electron chi connectivity index (χ2n) is 5.31. The van der Waals surface area contributed by atoms with E-state index in [9.17, 15) is 4.79 Å². The van der Waals surface area contributed by atoms with Gasteiger partial charge in [-0.15, -0.1) is 0 Å². The summed E-state index contributed by atoms with van der Waals surface area (Å²) in [6.07, 6.45) is 7.41. The number of nitrogens with one attached hydrogen (secondary N) is 1. The van der Waals surface area contributed by atoms with E-state index in [0.717, 1.165) is 19.3 Å². The van der Waals surface area contributed by atoms with Crippen molar-refractivity contribution in [1.29, 1.82) is 0 Å². The molecule has 0 radical (unpaired) electrons. The van der Waals surface area contributed by atoms with Gasteiger partial charge in [-0.3, -0.25) is 4.79 Å². The molecule has 1 N–H and O–H groups in total. The highest BCUT2D eigenvalue weighted by Gasteiger charge is 2.34. The van der Waals surface area contributed by atoms with Crippen molar-refractivity contribution < 1.29 is 4.79 Å². The maximum absolute atomic E-state index is 12.0. The topological polar surface area (TPSA) is 29.1 Å². The Labute approximate surface area is 110 Å². The molecular formula is C16H23NO. The van der Waals surface area contributed by atoms with Crippen LogP contribution in [-0.2, 0) is 10.3 Å². The van der Waals surface area contributed by atoms with Crippen molar-refractivity contribution in [2.75, 3.05) is 0 Å². The van der Waals surface area contributed by atoms with Gasteiger partial charge in [0.1, 0.15) is 0 Å². The first-order valence-electron chi connectivity index (χ1n) is 7.13. The molecule has 1 aliphatic carbocycles. The highest BCUT2D eigenvalue weighted by molar-refractivity contribution is 5.77. The largest absolute Gasteiger partial charge is 0.347 e. The first-order valence-corrected chi connectivity index (χ1v) is 7.13. The third-order valence-corrected chi connectivity index (χ3v) is 3.89. The lowest BCUT2D eigenvalue weighted by Gasteiger charge is -2.38. The minimum atomic E-state index is -0.105. The summed E-state index contributed by atoms with van der Waals surface area (Å²) < 4.78 is 0. The van der Waals surface area contributed by atoms with Crippen LogP contribution in [0.25, 0.3) is 0 Å².